The molecule has 112 valence electrons. The molecule has 1 N–H and O–H groups in total. The summed E-state index contributed by atoms with van der Waals surface area (Å²) < 4.78 is 18.7. The van der Waals surface area contributed by atoms with E-state index in [-0.39, 0.29) is 5.02 Å². The van der Waals surface area contributed by atoms with Crippen LogP contribution in [0, 0.1) is 5.82 Å². The number of hydrogen-bond donors (Lipinski definition) is 1. The summed E-state index contributed by atoms with van der Waals surface area (Å²) >= 11 is 5.75. The van der Waals surface area contributed by atoms with Gasteiger partial charge in [0.05, 0.1) is 11.6 Å². The second kappa shape index (κ2) is 7.89. The second-order valence-corrected chi connectivity index (χ2v) is 5.24. The molecule has 0 aliphatic rings. The average molecular weight is 308 g/mol. The van der Waals surface area contributed by atoms with Gasteiger partial charge >= 0.3 is 0 Å². The Morgan fingerprint density at radius 1 is 1.14 bits per heavy atom. The number of rotatable bonds is 7. The van der Waals surface area contributed by atoms with E-state index < -0.39 is 5.82 Å². The van der Waals surface area contributed by atoms with Crippen molar-refractivity contribution in [1.82, 2.24) is 0 Å². The Kier molecular flexibility index (Phi) is 5.88. The summed E-state index contributed by atoms with van der Waals surface area (Å²) in [5.74, 6) is 0.479. The van der Waals surface area contributed by atoms with Gasteiger partial charge in [-0.05, 0) is 42.3 Å². The van der Waals surface area contributed by atoms with Crippen molar-refractivity contribution < 1.29 is 9.13 Å². The third-order valence-electron chi connectivity index (χ3n) is 3.11. The number of anilines is 1. The molecule has 0 heterocycles. The predicted molar refractivity (Wildman–Crippen MR) is 85.6 cm³/mol. The molecule has 2 nitrogen and oxygen atoms in total. The van der Waals surface area contributed by atoms with Crippen molar-refractivity contribution in [3.8, 4) is 5.75 Å². The zero-order valence-corrected chi connectivity index (χ0v) is 12.8. The predicted octanol–water partition coefficient (Wildman–Crippen LogP) is 5.27. The van der Waals surface area contributed by atoms with E-state index in [0.29, 0.717) is 6.54 Å². The zero-order chi connectivity index (χ0) is 15.1. The van der Waals surface area contributed by atoms with Crippen LogP contribution in [-0.2, 0) is 6.54 Å². The Hall–Kier alpha value is -1.74. The summed E-state index contributed by atoms with van der Waals surface area (Å²) in [5, 5.41) is 3.33. The molecule has 0 radical (unpaired) electrons. The van der Waals surface area contributed by atoms with Crippen LogP contribution in [0.5, 0.6) is 5.75 Å². The van der Waals surface area contributed by atoms with Gasteiger partial charge in [-0.25, -0.2) is 4.39 Å². The van der Waals surface area contributed by atoms with E-state index in [1.807, 2.05) is 24.3 Å². The first-order chi connectivity index (χ1) is 10.2. The maximum Gasteiger partial charge on any atom is 0.141 e. The molecular weight excluding hydrogens is 289 g/mol. The van der Waals surface area contributed by atoms with Crippen molar-refractivity contribution in [3.63, 3.8) is 0 Å². The molecule has 2 aromatic carbocycles. The minimum absolute atomic E-state index is 0.125. The summed E-state index contributed by atoms with van der Waals surface area (Å²) in [6.45, 7) is 3.54. The highest BCUT2D eigenvalue weighted by molar-refractivity contribution is 6.31. The van der Waals surface area contributed by atoms with Crippen LogP contribution in [-0.4, -0.2) is 6.61 Å². The molecule has 0 bridgehead atoms. The van der Waals surface area contributed by atoms with E-state index >= 15 is 0 Å². The first-order valence-electron chi connectivity index (χ1n) is 7.09. The second-order valence-electron chi connectivity index (χ2n) is 4.83. The number of benzene rings is 2. The van der Waals surface area contributed by atoms with Gasteiger partial charge in [0.15, 0.2) is 0 Å². The molecule has 0 aliphatic carbocycles. The van der Waals surface area contributed by atoms with Gasteiger partial charge in [0, 0.05) is 12.2 Å². The minimum Gasteiger partial charge on any atom is -0.494 e. The van der Waals surface area contributed by atoms with Crippen LogP contribution in [0.3, 0.4) is 0 Å². The summed E-state index contributed by atoms with van der Waals surface area (Å²) in [7, 11) is 0. The van der Waals surface area contributed by atoms with Gasteiger partial charge in [-0.15, -0.1) is 0 Å². The lowest BCUT2D eigenvalue weighted by molar-refractivity contribution is 0.309. The highest BCUT2D eigenvalue weighted by Crippen LogP contribution is 2.20. The summed E-state index contributed by atoms with van der Waals surface area (Å²) in [6, 6.07) is 12.6. The van der Waals surface area contributed by atoms with E-state index in [1.165, 1.54) is 6.07 Å². The number of halogens is 2. The molecule has 0 aliphatic heterocycles. The molecule has 0 amide bonds. The van der Waals surface area contributed by atoms with Crippen LogP contribution in [0.4, 0.5) is 10.1 Å². The Morgan fingerprint density at radius 2 is 1.90 bits per heavy atom. The van der Waals surface area contributed by atoms with Crippen LogP contribution in [0.1, 0.15) is 25.3 Å². The smallest absolute Gasteiger partial charge is 0.141 e. The van der Waals surface area contributed by atoms with Crippen molar-refractivity contribution >= 4 is 17.3 Å². The fourth-order valence-corrected chi connectivity index (χ4v) is 2.03. The lowest BCUT2D eigenvalue weighted by Gasteiger charge is -2.09. The topological polar surface area (TPSA) is 21.3 Å². The third kappa shape index (κ3) is 4.94. The average Bonchev–Trinajstić information content (AvgIpc) is 2.50. The quantitative estimate of drug-likeness (QED) is 0.704. The third-order valence-corrected chi connectivity index (χ3v) is 3.40. The highest BCUT2D eigenvalue weighted by Gasteiger charge is 2.01. The maximum absolute atomic E-state index is 13.1. The van der Waals surface area contributed by atoms with Crippen LogP contribution in [0.2, 0.25) is 5.02 Å². The van der Waals surface area contributed by atoms with Gasteiger partial charge < -0.3 is 10.1 Å². The van der Waals surface area contributed by atoms with E-state index in [0.717, 1.165) is 36.4 Å². The lowest BCUT2D eigenvalue weighted by atomic mass is 10.2. The molecule has 0 atom stereocenters. The number of ether oxygens (including phenoxy) is 1. The monoisotopic (exact) mass is 307 g/mol. The van der Waals surface area contributed by atoms with Gasteiger partial charge in [-0.3, -0.25) is 0 Å². The van der Waals surface area contributed by atoms with E-state index in [4.69, 9.17) is 16.3 Å². The molecule has 0 aromatic heterocycles. The van der Waals surface area contributed by atoms with Crippen LogP contribution >= 0.6 is 11.6 Å². The first kappa shape index (κ1) is 15.6. The Labute approximate surface area is 129 Å². The lowest BCUT2D eigenvalue weighted by Crippen LogP contribution is -2.00. The molecular formula is C17H19ClFNO. The first-order valence-corrected chi connectivity index (χ1v) is 7.47. The number of nitrogens with one attached hydrogen (secondary N) is 1. The van der Waals surface area contributed by atoms with Gasteiger partial charge in [-0.2, -0.15) is 0 Å². The molecule has 2 rings (SSSR count). The fraction of sp³-hybridized carbons (Fsp3) is 0.294. The summed E-state index contributed by atoms with van der Waals surface area (Å²) in [6.07, 6.45) is 2.19. The largest absolute Gasteiger partial charge is 0.494 e. The van der Waals surface area contributed by atoms with E-state index in [9.17, 15) is 4.39 Å². The van der Waals surface area contributed by atoms with Crippen molar-refractivity contribution in [3.05, 3.63) is 58.9 Å². The van der Waals surface area contributed by atoms with Gasteiger partial charge in [0.2, 0.25) is 0 Å². The minimum atomic E-state index is -0.407. The SMILES string of the molecule is CCCCOc1ccc(CNc2ccc(F)c(Cl)c2)cc1. The van der Waals surface area contributed by atoms with Crippen LogP contribution < -0.4 is 10.1 Å². The van der Waals surface area contributed by atoms with Gasteiger partial charge in [-0.1, -0.05) is 37.1 Å². The molecule has 0 spiro atoms. The molecule has 0 saturated heterocycles. The van der Waals surface area contributed by atoms with Crippen molar-refractivity contribution in [2.45, 2.75) is 26.3 Å². The number of hydrogen-bond acceptors (Lipinski definition) is 2. The molecule has 4 heteroatoms. The standard InChI is InChI=1S/C17H19ClFNO/c1-2-3-10-21-15-7-4-13(5-8-15)12-20-14-6-9-17(19)16(18)11-14/h4-9,11,20H,2-3,10,12H2,1H3. The van der Waals surface area contributed by atoms with Crippen LogP contribution in [0.25, 0.3) is 0 Å². The number of unbranched alkanes of at least 4 members (excludes halogenated alkanes) is 1. The normalized spacial score (nSPS) is 10.4. The Balaban J connectivity index is 1.86. The van der Waals surface area contributed by atoms with Gasteiger partial charge in [0.25, 0.3) is 0 Å². The molecule has 0 fully saturated rings. The van der Waals surface area contributed by atoms with Crippen LogP contribution in [0.15, 0.2) is 42.5 Å². The molecule has 2 aromatic rings. The molecule has 0 unspecified atom stereocenters. The fourth-order valence-electron chi connectivity index (χ4n) is 1.85. The summed E-state index contributed by atoms with van der Waals surface area (Å²) in [4.78, 5) is 0. The molecule has 0 saturated carbocycles. The Bertz CT molecular complexity index is 572. The highest BCUT2D eigenvalue weighted by atomic mass is 35.5. The van der Waals surface area contributed by atoms with Gasteiger partial charge in [0.1, 0.15) is 11.6 Å². The summed E-state index contributed by atoms with van der Waals surface area (Å²) in [5.41, 5.74) is 1.92. The zero-order valence-electron chi connectivity index (χ0n) is 12.0. The van der Waals surface area contributed by atoms with E-state index in [2.05, 4.69) is 12.2 Å². The molecule has 21 heavy (non-hydrogen) atoms. The van der Waals surface area contributed by atoms with E-state index in [1.54, 1.807) is 12.1 Å². The van der Waals surface area contributed by atoms with Crippen molar-refractivity contribution in [2.24, 2.45) is 0 Å². The van der Waals surface area contributed by atoms with Crippen molar-refractivity contribution in [1.29, 1.82) is 0 Å². The Morgan fingerprint density at radius 3 is 2.57 bits per heavy atom. The maximum atomic E-state index is 13.1. The van der Waals surface area contributed by atoms with Crippen molar-refractivity contribution in [2.75, 3.05) is 11.9 Å².